The number of methoxy groups -OCH3 is 1. The standard InChI is InChI=1S/C19H18ClNO5/c1-24-14-5-7-15(8-6-14)25-11-3-2-10-21-17-9-4-13(20)12-16(17)18(22)26-19(21)23/h4-9,12H,2-3,10-11H2,1H3. The summed E-state index contributed by atoms with van der Waals surface area (Å²) in [5, 5.41) is 0.717. The first-order chi connectivity index (χ1) is 12.6. The Kier molecular flexibility index (Phi) is 5.63. The lowest BCUT2D eigenvalue weighted by Crippen LogP contribution is -2.25. The Hall–Kier alpha value is -2.73. The second kappa shape index (κ2) is 8.10. The summed E-state index contributed by atoms with van der Waals surface area (Å²) in [5.74, 6) is 0.865. The molecule has 0 aliphatic rings. The molecule has 0 atom stereocenters. The lowest BCUT2D eigenvalue weighted by molar-refractivity contribution is 0.300. The highest BCUT2D eigenvalue weighted by molar-refractivity contribution is 6.31. The van der Waals surface area contributed by atoms with E-state index < -0.39 is 11.4 Å². The fraction of sp³-hybridized carbons (Fsp3) is 0.263. The van der Waals surface area contributed by atoms with Gasteiger partial charge in [-0.15, -0.1) is 0 Å². The van der Waals surface area contributed by atoms with Crippen molar-refractivity contribution < 1.29 is 13.9 Å². The average Bonchev–Trinajstić information content (AvgIpc) is 2.64. The zero-order valence-corrected chi connectivity index (χ0v) is 15.0. The van der Waals surface area contributed by atoms with Crippen molar-refractivity contribution in [3.05, 3.63) is 68.5 Å². The molecule has 0 radical (unpaired) electrons. The van der Waals surface area contributed by atoms with Crippen LogP contribution in [0.3, 0.4) is 0 Å². The van der Waals surface area contributed by atoms with Gasteiger partial charge in [0.05, 0.1) is 24.6 Å². The summed E-state index contributed by atoms with van der Waals surface area (Å²) in [6, 6.07) is 12.1. The van der Waals surface area contributed by atoms with Crippen molar-refractivity contribution in [3.8, 4) is 11.5 Å². The van der Waals surface area contributed by atoms with E-state index in [4.69, 9.17) is 25.5 Å². The quantitative estimate of drug-likeness (QED) is 0.591. The fourth-order valence-corrected chi connectivity index (χ4v) is 2.81. The van der Waals surface area contributed by atoms with Gasteiger partial charge < -0.3 is 13.9 Å². The number of hydrogen-bond acceptors (Lipinski definition) is 5. The van der Waals surface area contributed by atoms with Crippen molar-refractivity contribution >= 4 is 22.5 Å². The van der Waals surface area contributed by atoms with E-state index in [0.29, 0.717) is 35.5 Å². The summed E-state index contributed by atoms with van der Waals surface area (Å²) in [5.41, 5.74) is -0.154. The molecule has 2 aromatic carbocycles. The van der Waals surface area contributed by atoms with E-state index in [-0.39, 0.29) is 0 Å². The van der Waals surface area contributed by atoms with Gasteiger partial charge in [0.25, 0.3) is 0 Å². The van der Waals surface area contributed by atoms with Gasteiger partial charge in [0.15, 0.2) is 0 Å². The van der Waals surface area contributed by atoms with E-state index in [0.717, 1.165) is 17.9 Å². The highest BCUT2D eigenvalue weighted by Gasteiger charge is 2.09. The van der Waals surface area contributed by atoms with Crippen molar-refractivity contribution in [2.75, 3.05) is 13.7 Å². The van der Waals surface area contributed by atoms with Crippen LogP contribution >= 0.6 is 11.6 Å². The van der Waals surface area contributed by atoms with Crippen LogP contribution in [0.1, 0.15) is 12.8 Å². The first kappa shape index (κ1) is 18.1. The maximum Gasteiger partial charge on any atom is 0.422 e. The van der Waals surface area contributed by atoms with Crippen LogP contribution in [0.5, 0.6) is 11.5 Å². The number of fused-ring (bicyclic) bond motifs is 1. The number of unbranched alkanes of at least 4 members (excludes halogenated alkanes) is 1. The average molecular weight is 376 g/mol. The largest absolute Gasteiger partial charge is 0.497 e. The molecule has 0 unspecified atom stereocenters. The van der Waals surface area contributed by atoms with Crippen molar-refractivity contribution in [2.24, 2.45) is 0 Å². The molecule has 0 spiro atoms. The van der Waals surface area contributed by atoms with Crippen molar-refractivity contribution in [2.45, 2.75) is 19.4 Å². The lowest BCUT2D eigenvalue weighted by Gasteiger charge is -2.09. The molecule has 0 aliphatic carbocycles. The molecular formula is C19H18ClNO5. The third-order valence-corrected chi connectivity index (χ3v) is 4.21. The van der Waals surface area contributed by atoms with E-state index >= 15 is 0 Å². The van der Waals surface area contributed by atoms with Crippen molar-refractivity contribution in [3.63, 3.8) is 0 Å². The van der Waals surface area contributed by atoms with E-state index in [9.17, 15) is 9.59 Å². The van der Waals surface area contributed by atoms with Crippen LogP contribution in [0.15, 0.2) is 56.5 Å². The molecule has 3 aromatic rings. The molecule has 0 fully saturated rings. The number of hydrogen-bond donors (Lipinski definition) is 0. The van der Waals surface area contributed by atoms with Gasteiger partial charge in [0, 0.05) is 11.6 Å². The second-order valence-corrected chi connectivity index (χ2v) is 6.14. The van der Waals surface area contributed by atoms with Crippen LogP contribution in [0.2, 0.25) is 5.02 Å². The molecule has 0 saturated carbocycles. The van der Waals surface area contributed by atoms with Gasteiger partial charge in [0.1, 0.15) is 11.5 Å². The normalized spacial score (nSPS) is 10.8. The topological polar surface area (TPSA) is 70.7 Å². The van der Waals surface area contributed by atoms with Crippen LogP contribution < -0.4 is 20.9 Å². The molecule has 0 N–H and O–H groups in total. The van der Waals surface area contributed by atoms with Gasteiger partial charge >= 0.3 is 11.4 Å². The SMILES string of the molecule is COc1ccc(OCCCCn2c(=O)oc(=O)c3cc(Cl)ccc32)cc1. The Labute approximate surface area is 154 Å². The lowest BCUT2D eigenvalue weighted by atomic mass is 10.2. The summed E-state index contributed by atoms with van der Waals surface area (Å²) < 4.78 is 17.0. The van der Waals surface area contributed by atoms with Gasteiger partial charge in [0.2, 0.25) is 0 Å². The molecule has 1 heterocycles. The number of rotatable bonds is 7. The second-order valence-electron chi connectivity index (χ2n) is 5.70. The zero-order chi connectivity index (χ0) is 18.5. The molecule has 0 saturated heterocycles. The Morgan fingerprint density at radius 3 is 2.50 bits per heavy atom. The number of nitrogens with zero attached hydrogens (tertiary/aromatic N) is 1. The minimum atomic E-state index is -0.674. The molecule has 0 aliphatic heterocycles. The summed E-state index contributed by atoms with van der Waals surface area (Å²) in [7, 11) is 1.61. The third-order valence-electron chi connectivity index (χ3n) is 3.97. The predicted octanol–water partition coefficient (Wildman–Crippen LogP) is 3.48. The van der Waals surface area contributed by atoms with E-state index in [1.807, 2.05) is 24.3 Å². The number of aryl methyl sites for hydroxylation is 1. The fourth-order valence-electron chi connectivity index (χ4n) is 2.64. The number of benzene rings is 2. The highest BCUT2D eigenvalue weighted by atomic mass is 35.5. The number of aromatic nitrogens is 1. The van der Waals surface area contributed by atoms with Gasteiger partial charge in [-0.05, 0) is 55.3 Å². The molecular weight excluding hydrogens is 358 g/mol. The zero-order valence-electron chi connectivity index (χ0n) is 14.2. The Balaban J connectivity index is 1.61. The molecule has 0 bridgehead atoms. The summed E-state index contributed by atoms with van der Waals surface area (Å²) in [6.07, 6.45) is 1.44. The molecule has 26 heavy (non-hydrogen) atoms. The minimum Gasteiger partial charge on any atom is -0.497 e. The monoisotopic (exact) mass is 375 g/mol. The highest BCUT2D eigenvalue weighted by Crippen LogP contribution is 2.18. The maximum atomic E-state index is 12.0. The van der Waals surface area contributed by atoms with Crippen molar-refractivity contribution in [1.29, 1.82) is 0 Å². The molecule has 1 aromatic heterocycles. The van der Waals surface area contributed by atoms with Gasteiger partial charge in [-0.2, -0.15) is 0 Å². The summed E-state index contributed by atoms with van der Waals surface area (Å²) >= 11 is 5.91. The summed E-state index contributed by atoms with van der Waals surface area (Å²) in [4.78, 5) is 23.8. The van der Waals surface area contributed by atoms with E-state index in [2.05, 4.69) is 0 Å². The van der Waals surface area contributed by atoms with Gasteiger partial charge in [-0.25, -0.2) is 9.59 Å². The Morgan fingerprint density at radius 1 is 1.04 bits per heavy atom. The first-order valence-corrected chi connectivity index (χ1v) is 8.56. The van der Waals surface area contributed by atoms with Crippen LogP contribution in [-0.4, -0.2) is 18.3 Å². The van der Waals surface area contributed by atoms with Gasteiger partial charge in [-0.1, -0.05) is 11.6 Å². The van der Waals surface area contributed by atoms with E-state index in [1.165, 1.54) is 10.6 Å². The Morgan fingerprint density at radius 2 is 1.77 bits per heavy atom. The molecule has 0 amide bonds. The first-order valence-electron chi connectivity index (χ1n) is 8.18. The predicted molar refractivity (Wildman–Crippen MR) is 99.5 cm³/mol. The molecule has 6 nitrogen and oxygen atoms in total. The van der Waals surface area contributed by atoms with Crippen LogP contribution in [0.25, 0.3) is 10.9 Å². The van der Waals surface area contributed by atoms with Gasteiger partial charge in [-0.3, -0.25) is 4.57 Å². The number of ether oxygens (including phenoxy) is 2. The minimum absolute atomic E-state index is 0.298. The molecule has 7 heteroatoms. The van der Waals surface area contributed by atoms with E-state index in [1.54, 1.807) is 19.2 Å². The van der Waals surface area contributed by atoms with Crippen LogP contribution in [-0.2, 0) is 6.54 Å². The Bertz CT molecular complexity index is 1010. The third kappa shape index (κ3) is 4.08. The molecule has 3 rings (SSSR count). The number of halogens is 1. The van der Waals surface area contributed by atoms with Crippen molar-refractivity contribution in [1.82, 2.24) is 4.57 Å². The smallest absolute Gasteiger partial charge is 0.422 e. The summed E-state index contributed by atoms with van der Waals surface area (Å²) in [6.45, 7) is 0.939. The van der Waals surface area contributed by atoms with Crippen LogP contribution in [0, 0.1) is 0 Å². The van der Waals surface area contributed by atoms with Crippen LogP contribution in [0.4, 0.5) is 0 Å². The molecule has 136 valence electrons. The maximum absolute atomic E-state index is 12.0.